The van der Waals surface area contributed by atoms with Crippen molar-refractivity contribution in [2.75, 3.05) is 6.54 Å². The van der Waals surface area contributed by atoms with E-state index in [1.807, 2.05) is 24.3 Å². The van der Waals surface area contributed by atoms with Gasteiger partial charge in [-0.2, -0.15) is 5.10 Å². The van der Waals surface area contributed by atoms with E-state index in [0.717, 1.165) is 39.6 Å². The summed E-state index contributed by atoms with van der Waals surface area (Å²) in [7, 11) is 0. The Labute approximate surface area is 124 Å². The zero-order chi connectivity index (χ0) is 14.4. The molecule has 21 heavy (non-hydrogen) atoms. The molecule has 7 heteroatoms. The summed E-state index contributed by atoms with van der Waals surface area (Å²) in [6.07, 6.45) is 0.755. The lowest BCUT2D eigenvalue weighted by Crippen LogP contribution is -2.25. The zero-order valence-electron chi connectivity index (χ0n) is 11.0. The van der Waals surface area contributed by atoms with Gasteiger partial charge in [0, 0.05) is 25.1 Å². The van der Waals surface area contributed by atoms with Gasteiger partial charge >= 0.3 is 5.97 Å². The van der Waals surface area contributed by atoms with Crippen LogP contribution in [0, 0.1) is 0 Å². The number of hydrogen-bond acceptors (Lipinski definition) is 5. The van der Waals surface area contributed by atoms with Gasteiger partial charge in [-0.15, -0.1) is 0 Å². The molecule has 0 radical (unpaired) electrons. The Bertz CT molecular complexity index is 819. The van der Waals surface area contributed by atoms with E-state index in [4.69, 9.17) is 0 Å². The first-order valence-corrected chi connectivity index (χ1v) is 7.46. The average Bonchev–Trinajstić information content (AvgIpc) is 3.08. The maximum atomic E-state index is 11.4. The highest BCUT2D eigenvalue weighted by molar-refractivity contribution is 7.20. The molecule has 4 rings (SSSR count). The topological polar surface area (TPSA) is 80.0 Å². The van der Waals surface area contributed by atoms with Crippen molar-refractivity contribution < 1.29 is 9.90 Å². The van der Waals surface area contributed by atoms with Gasteiger partial charge in [-0.3, -0.25) is 0 Å². The normalized spacial score (nSPS) is 14.3. The van der Waals surface area contributed by atoms with Crippen LogP contribution in [0.2, 0.25) is 0 Å². The van der Waals surface area contributed by atoms with Crippen LogP contribution in [0.4, 0.5) is 0 Å². The van der Waals surface area contributed by atoms with Crippen molar-refractivity contribution in [1.29, 1.82) is 0 Å². The number of para-hydroxylation sites is 1. The molecule has 0 atom stereocenters. The van der Waals surface area contributed by atoms with E-state index in [1.165, 1.54) is 11.3 Å². The SMILES string of the molecule is O=C(O)c1nn(-c2nc3ccccc3s2)c2c1CNCC2. The van der Waals surface area contributed by atoms with E-state index in [-0.39, 0.29) is 5.69 Å². The first-order valence-electron chi connectivity index (χ1n) is 6.65. The van der Waals surface area contributed by atoms with Crippen LogP contribution < -0.4 is 5.32 Å². The molecule has 1 aliphatic rings. The fourth-order valence-corrected chi connectivity index (χ4v) is 3.57. The quantitative estimate of drug-likeness (QED) is 0.754. The van der Waals surface area contributed by atoms with Crippen LogP contribution in [0.15, 0.2) is 24.3 Å². The summed E-state index contributed by atoms with van der Waals surface area (Å²) in [6, 6.07) is 7.86. The van der Waals surface area contributed by atoms with Crippen molar-refractivity contribution >= 4 is 27.5 Å². The number of nitrogens with zero attached hydrogens (tertiary/aromatic N) is 3. The van der Waals surface area contributed by atoms with Gasteiger partial charge in [-0.1, -0.05) is 23.5 Å². The molecule has 0 fully saturated rings. The maximum Gasteiger partial charge on any atom is 0.356 e. The number of carboxylic acids is 1. The number of fused-ring (bicyclic) bond motifs is 2. The zero-order valence-corrected chi connectivity index (χ0v) is 11.9. The Morgan fingerprint density at radius 2 is 2.24 bits per heavy atom. The second kappa shape index (κ2) is 4.64. The van der Waals surface area contributed by atoms with E-state index in [9.17, 15) is 9.90 Å². The lowest BCUT2D eigenvalue weighted by molar-refractivity contribution is 0.0688. The number of hydrogen-bond donors (Lipinski definition) is 2. The van der Waals surface area contributed by atoms with Gasteiger partial charge in [0.2, 0.25) is 5.13 Å². The molecule has 106 valence electrons. The number of aromatic nitrogens is 3. The predicted octanol–water partition coefficient (Wildman–Crippen LogP) is 1.83. The van der Waals surface area contributed by atoms with Crippen LogP contribution in [0.1, 0.15) is 21.7 Å². The largest absolute Gasteiger partial charge is 0.476 e. The third kappa shape index (κ3) is 1.93. The summed E-state index contributed by atoms with van der Waals surface area (Å²) < 4.78 is 2.77. The minimum atomic E-state index is -0.991. The van der Waals surface area contributed by atoms with Crippen LogP contribution >= 0.6 is 11.3 Å². The van der Waals surface area contributed by atoms with Crippen molar-refractivity contribution in [2.45, 2.75) is 13.0 Å². The van der Waals surface area contributed by atoms with Crippen LogP contribution in [-0.4, -0.2) is 32.4 Å². The number of thiazole rings is 1. The summed E-state index contributed by atoms with van der Waals surface area (Å²) >= 11 is 1.52. The van der Waals surface area contributed by atoms with Gasteiger partial charge in [0.1, 0.15) is 0 Å². The van der Waals surface area contributed by atoms with Crippen molar-refractivity contribution in [1.82, 2.24) is 20.1 Å². The molecule has 2 aromatic heterocycles. The van der Waals surface area contributed by atoms with Crippen molar-refractivity contribution in [3.05, 3.63) is 41.2 Å². The monoisotopic (exact) mass is 300 g/mol. The molecular weight excluding hydrogens is 288 g/mol. The molecule has 1 aliphatic heterocycles. The molecule has 0 spiro atoms. The molecule has 1 aromatic carbocycles. The summed E-state index contributed by atoms with van der Waals surface area (Å²) in [5.74, 6) is -0.991. The third-order valence-electron chi connectivity index (χ3n) is 3.60. The highest BCUT2D eigenvalue weighted by atomic mass is 32.1. The number of nitrogens with one attached hydrogen (secondary N) is 1. The molecule has 0 saturated heterocycles. The average molecular weight is 300 g/mol. The van der Waals surface area contributed by atoms with Crippen molar-refractivity contribution in [3.63, 3.8) is 0 Å². The first-order chi connectivity index (χ1) is 10.2. The summed E-state index contributed by atoms with van der Waals surface area (Å²) in [6.45, 7) is 1.37. The highest BCUT2D eigenvalue weighted by Crippen LogP contribution is 2.28. The lowest BCUT2D eigenvalue weighted by atomic mass is 10.1. The van der Waals surface area contributed by atoms with E-state index >= 15 is 0 Å². The summed E-state index contributed by atoms with van der Waals surface area (Å²) in [5.41, 5.74) is 2.75. The van der Waals surface area contributed by atoms with E-state index in [0.29, 0.717) is 6.54 Å². The Morgan fingerprint density at radius 1 is 1.38 bits per heavy atom. The standard InChI is InChI=1S/C14H12N4O2S/c19-13(20)12-8-7-15-6-5-10(8)18(17-12)14-16-9-3-1-2-4-11(9)21-14/h1-4,15H,5-7H2,(H,19,20). The molecule has 3 aromatic rings. The number of carbonyl (C=O) groups is 1. The van der Waals surface area contributed by atoms with Gasteiger partial charge in [0.15, 0.2) is 5.69 Å². The molecule has 0 bridgehead atoms. The first kappa shape index (κ1) is 12.5. The van der Waals surface area contributed by atoms with Crippen LogP contribution in [-0.2, 0) is 13.0 Å². The second-order valence-electron chi connectivity index (χ2n) is 4.88. The van der Waals surface area contributed by atoms with Gasteiger partial charge in [0.25, 0.3) is 0 Å². The van der Waals surface area contributed by atoms with E-state index in [1.54, 1.807) is 4.68 Å². The van der Waals surface area contributed by atoms with Gasteiger partial charge in [0.05, 0.1) is 15.9 Å². The Hall–Kier alpha value is -2.25. The minimum Gasteiger partial charge on any atom is -0.476 e. The molecule has 0 saturated carbocycles. The molecular formula is C14H12N4O2S. The van der Waals surface area contributed by atoms with E-state index in [2.05, 4.69) is 15.4 Å². The minimum absolute atomic E-state index is 0.122. The summed E-state index contributed by atoms with van der Waals surface area (Å²) in [4.78, 5) is 15.9. The highest BCUT2D eigenvalue weighted by Gasteiger charge is 2.26. The maximum absolute atomic E-state index is 11.4. The molecule has 0 unspecified atom stereocenters. The Morgan fingerprint density at radius 3 is 3.05 bits per heavy atom. The number of rotatable bonds is 2. The number of benzene rings is 1. The molecule has 0 aliphatic carbocycles. The molecule has 0 amide bonds. The van der Waals surface area contributed by atoms with Crippen LogP contribution in [0.25, 0.3) is 15.3 Å². The Kier molecular flexibility index (Phi) is 2.76. The van der Waals surface area contributed by atoms with Gasteiger partial charge in [-0.25, -0.2) is 14.5 Å². The van der Waals surface area contributed by atoms with E-state index < -0.39 is 5.97 Å². The number of aromatic carboxylic acids is 1. The lowest BCUT2D eigenvalue weighted by Gasteiger charge is -2.13. The van der Waals surface area contributed by atoms with Crippen LogP contribution in [0.5, 0.6) is 0 Å². The predicted molar refractivity (Wildman–Crippen MR) is 79.1 cm³/mol. The number of carboxylic acid groups (broad SMARTS) is 1. The Balaban J connectivity index is 1.93. The summed E-state index contributed by atoms with van der Waals surface area (Å²) in [5, 5.41) is 17.5. The van der Waals surface area contributed by atoms with Gasteiger partial charge < -0.3 is 10.4 Å². The third-order valence-corrected chi connectivity index (χ3v) is 4.61. The fourth-order valence-electron chi connectivity index (χ4n) is 2.63. The smallest absolute Gasteiger partial charge is 0.356 e. The molecule has 3 heterocycles. The van der Waals surface area contributed by atoms with Crippen molar-refractivity contribution in [3.8, 4) is 5.13 Å². The molecule has 2 N–H and O–H groups in total. The molecule has 6 nitrogen and oxygen atoms in total. The second-order valence-corrected chi connectivity index (χ2v) is 5.89. The van der Waals surface area contributed by atoms with Gasteiger partial charge in [-0.05, 0) is 12.1 Å². The van der Waals surface area contributed by atoms with Crippen molar-refractivity contribution in [2.24, 2.45) is 0 Å². The fraction of sp³-hybridized carbons (Fsp3) is 0.214. The van der Waals surface area contributed by atoms with Crippen LogP contribution in [0.3, 0.4) is 0 Å².